The van der Waals surface area contributed by atoms with Gasteiger partial charge >= 0.3 is 0 Å². The third kappa shape index (κ3) is 5.17. The zero-order valence-electron chi connectivity index (χ0n) is 16.6. The minimum absolute atomic E-state index is 0.0533. The summed E-state index contributed by atoms with van der Waals surface area (Å²) in [5.41, 5.74) is 3.27. The Bertz CT molecular complexity index is 833. The molecule has 2 aromatic rings. The largest absolute Gasteiger partial charge is 0.493 e. The highest BCUT2D eigenvalue weighted by Crippen LogP contribution is 2.31. The fraction of sp³-hybridized carbons (Fsp3) is 0.409. The van der Waals surface area contributed by atoms with Crippen LogP contribution in [0.5, 0.6) is 11.5 Å². The predicted octanol–water partition coefficient (Wildman–Crippen LogP) is 4.01. The lowest BCUT2D eigenvalue weighted by molar-refractivity contribution is 0.0907. The molecule has 150 valence electrons. The third-order valence-corrected chi connectivity index (χ3v) is 6.02. The number of aryl methyl sites for hydroxylation is 1. The van der Waals surface area contributed by atoms with Crippen LogP contribution in [0.15, 0.2) is 36.4 Å². The average molecular weight is 494 g/mol. The van der Waals surface area contributed by atoms with Crippen molar-refractivity contribution in [2.24, 2.45) is 0 Å². The van der Waals surface area contributed by atoms with Crippen LogP contribution in [-0.4, -0.2) is 44.2 Å². The zero-order chi connectivity index (χ0) is 20.1. The van der Waals surface area contributed by atoms with E-state index in [-0.39, 0.29) is 11.9 Å². The van der Waals surface area contributed by atoms with Gasteiger partial charge in [0.1, 0.15) is 0 Å². The van der Waals surface area contributed by atoms with Crippen LogP contribution in [0.1, 0.15) is 34.3 Å². The second-order valence-electron chi connectivity index (χ2n) is 7.20. The molecule has 6 heteroatoms. The van der Waals surface area contributed by atoms with Crippen molar-refractivity contribution in [1.29, 1.82) is 0 Å². The van der Waals surface area contributed by atoms with Crippen molar-refractivity contribution in [3.63, 3.8) is 0 Å². The summed E-state index contributed by atoms with van der Waals surface area (Å²) >= 11 is 2.17. The van der Waals surface area contributed by atoms with Gasteiger partial charge in [0.2, 0.25) is 0 Å². The summed E-state index contributed by atoms with van der Waals surface area (Å²) in [4.78, 5) is 15.2. The first-order valence-corrected chi connectivity index (χ1v) is 10.6. The Morgan fingerprint density at radius 2 is 1.82 bits per heavy atom. The van der Waals surface area contributed by atoms with E-state index in [1.807, 2.05) is 6.07 Å². The number of nitrogens with one attached hydrogen (secondary N) is 1. The zero-order valence-corrected chi connectivity index (χ0v) is 18.8. The van der Waals surface area contributed by atoms with E-state index < -0.39 is 0 Å². The Labute approximate surface area is 180 Å². The van der Waals surface area contributed by atoms with Crippen LogP contribution in [0, 0.1) is 10.5 Å². The summed E-state index contributed by atoms with van der Waals surface area (Å²) in [5, 5.41) is 3.19. The van der Waals surface area contributed by atoms with Gasteiger partial charge < -0.3 is 14.8 Å². The van der Waals surface area contributed by atoms with E-state index >= 15 is 0 Å². The molecule has 28 heavy (non-hydrogen) atoms. The van der Waals surface area contributed by atoms with E-state index in [0.717, 1.165) is 36.0 Å². The monoisotopic (exact) mass is 494 g/mol. The van der Waals surface area contributed by atoms with Gasteiger partial charge in [0.15, 0.2) is 11.5 Å². The SMILES string of the molecule is COc1cc(I)c(C(=O)NC2CCN(Cc3cccc(C)c3)CC2)cc1OC. The summed E-state index contributed by atoms with van der Waals surface area (Å²) in [6, 6.07) is 12.4. The van der Waals surface area contributed by atoms with E-state index in [0.29, 0.717) is 17.1 Å². The molecule has 0 saturated carbocycles. The van der Waals surface area contributed by atoms with Gasteiger partial charge in [-0.2, -0.15) is 0 Å². The van der Waals surface area contributed by atoms with Gasteiger partial charge in [0.05, 0.1) is 19.8 Å². The number of hydrogen-bond acceptors (Lipinski definition) is 4. The molecular formula is C22H27IN2O3. The van der Waals surface area contributed by atoms with Gasteiger partial charge in [0, 0.05) is 29.2 Å². The first kappa shape index (κ1) is 20.9. The second-order valence-corrected chi connectivity index (χ2v) is 8.36. The van der Waals surface area contributed by atoms with Crippen molar-refractivity contribution in [3.8, 4) is 11.5 Å². The maximum Gasteiger partial charge on any atom is 0.252 e. The van der Waals surface area contributed by atoms with Crippen LogP contribution in [0.25, 0.3) is 0 Å². The van der Waals surface area contributed by atoms with E-state index in [4.69, 9.17) is 9.47 Å². The molecule has 2 aromatic carbocycles. The number of hydrogen-bond donors (Lipinski definition) is 1. The maximum atomic E-state index is 12.8. The Hall–Kier alpha value is -1.80. The summed E-state index contributed by atoms with van der Waals surface area (Å²) in [5.74, 6) is 1.15. The highest BCUT2D eigenvalue weighted by molar-refractivity contribution is 14.1. The smallest absolute Gasteiger partial charge is 0.252 e. The Balaban J connectivity index is 1.56. The average Bonchev–Trinajstić information content (AvgIpc) is 2.69. The molecule has 0 aliphatic carbocycles. The van der Waals surface area contributed by atoms with Crippen molar-refractivity contribution < 1.29 is 14.3 Å². The first-order chi connectivity index (χ1) is 13.5. The summed E-state index contributed by atoms with van der Waals surface area (Å²) < 4.78 is 11.5. The molecule has 0 spiro atoms. The topological polar surface area (TPSA) is 50.8 Å². The minimum atomic E-state index is -0.0533. The molecule has 1 N–H and O–H groups in total. The fourth-order valence-corrected chi connectivity index (χ4v) is 4.28. The first-order valence-electron chi connectivity index (χ1n) is 9.50. The Kier molecular flexibility index (Phi) is 7.18. The lowest BCUT2D eigenvalue weighted by Gasteiger charge is -2.32. The van der Waals surface area contributed by atoms with Crippen molar-refractivity contribution in [3.05, 3.63) is 56.7 Å². The molecular weight excluding hydrogens is 467 g/mol. The molecule has 1 fully saturated rings. The van der Waals surface area contributed by atoms with Crippen LogP contribution in [0.3, 0.4) is 0 Å². The Morgan fingerprint density at radius 3 is 2.46 bits per heavy atom. The number of halogens is 1. The highest BCUT2D eigenvalue weighted by atomic mass is 127. The molecule has 1 amide bonds. The third-order valence-electron chi connectivity index (χ3n) is 5.13. The molecule has 1 heterocycles. The number of carbonyl (C=O) groups is 1. The lowest BCUT2D eigenvalue weighted by Crippen LogP contribution is -2.44. The number of carbonyl (C=O) groups excluding carboxylic acids is 1. The van der Waals surface area contributed by atoms with E-state index in [9.17, 15) is 4.79 Å². The molecule has 0 radical (unpaired) electrons. The number of likely N-dealkylation sites (tertiary alicyclic amines) is 1. The number of nitrogens with zero attached hydrogens (tertiary/aromatic N) is 1. The number of amides is 1. The fourth-order valence-electron chi connectivity index (χ4n) is 3.60. The van der Waals surface area contributed by atoms with Crippen molar-refractivity contribution in [1.82, 2.24) is 10.2 Å². The molecule has 0 atom stereocenters. The van der Waals surface area contributed by atoms with Gasteiger partial charge in [-0.3, -0.25) is 9.69 Å². The maximum absolute atomic E-state index is 12.8. The van der Waals surface area contributed by atoms with Crippen LogP contribution in [0.4, 0.5) is 0 Å². The van der Waals surface area contributed by atoms with Crippen LogP contribution in [-0.2, 0) is 6.54 Å². The molecule has 0 aromatic heterocycles. The lowest BCUT2D eigenvalue weighted by atomic mass is 10.0. The molecule has 3 rings (SSSR count). The Morgan fingerprint density at radius 1 is 1.14 bits per heavy atom. The molecule has 1 saturated heterocycles. The number of rotatable bonds is 6. The van der Waals surface area contributed by atoms with Crippen molar-refractivity contribution in [2.45, 2.75) is 32.4 Å². The van der Waals surface area contributed by atoms with Crippen LogP contribution in [0.2, 0.25) is 0 Å². The quantitative estimate of drug-likeness (QED) is 0.617. The minimum Gasteiger partial charge on any atom is -0.493 e. The van der Waals surface area contributed by atoms with E-state index in [2.05, 4.69) is 64.0 Å². The number of piperidine rings is 1. The summed E-state index contributed by atoms with van der Waals surface area (Å²) in [6.07, 6.45) is 1.92. The molecule has 5 nitrogen and oxygen atoms in total. The van der Waals surface area contributed by atoms with Crippen LogP contribution >= 0.6 is 22.6 Å². The number of benzene rings is 2. The summed E-state index contributed by atoms with van der Waals surface area (Å²) in [7, 11) is 3.18. The predicted molar refractivity (Wildman–Crippen MR) is 119 cm³/mol. The van der Waals surface area contributed by atoms with Gasteiger partial charge in [-0.15, -0.1) is 0 Å². The van der Waals surface area contributed by atoms with Gasteiger partial charge in [-0.1, -0.05) is 29.8 Å². The highest BCUT2D eigenvalue weighted by Gasteiger charge is 2.23. The molecule has 1 aliphatic rings. The van der Waals surface area contributed by atoms with Crippen LogP contribution < -0.4 is 14.8 Å². The van der Waals surface area contributed by atoms with Gasteiger partial charge in [0.25, 0.3) is 5.91 Å². The standard InChI is InChI=1S/C22H27IN2O3/c1-15-5-4-6-16(11-15)14-25-9-7-17(8-10-25)24-22(26)18-12-20(27-2)21(28-3)13-19(18)23/h4-6,11-13,17H,7-10,14H2,1-3H3,(H,24,26). The van der Waals surface area contributed by atoms with Gasteiger partial charge in [-0.25, -0.2) is 0 Å². The van der Waals surface area contributed by atoms with E-state index in [1.54, 1.807) is 20.3 Å². The molecule has 0 unspecified atom stereocenters. The van der Waals surface area contributed by atoms with Crippen molar-refractivity contribution >= 4 is 28.5 Å². The van der Waals surface area contributed by atoms with E-state index in [1.165, 1.54) is 11.1 Å². The molecule has 0 bridgehead atoms. The van der Waals surface area contributed by atoms with Gasteiger partial charge in [-0.05, 0) is 60.1 Å². The normalized spacial score (nSPS) is 15.3. The second kappa shape index (κ2) is 9.60. The number of ether oxygens (including phenoxy) is 2. The molecule has 1 aliphatic heterocycles. The number of methoxy groups -OCH3 is 2. The summed E-state index contributed by atoms with van der Waals surface area (Å²) in [6.45, 7) is 5.07. The van der Waals surface area contributed by atoms with Crippen molar-refractivity contribution in [2.75, 3.05) is 27.3 Å².